The summed E-state index contributed by atoms with van der Waals surface area (Å²) in [4.78, 5) is 5.06. The molecule has 17 heavy (non-hydrogen) atoms. The number of hydrogen-bond donors (Lipinski definition) is 0. The van der Waals surface area contributed by atoms with Crippen LogP contribution in [0.15, 0.2) is 0 Å². The Morgan fingerprint density at radius 2 is 1.71 bits per heavy atom. The zero-order valence-electron chi connectivity index (χ0n) is 11.3. The van der Waals surface area contributed by atoms with Gasteiger partial charge in [-0.2, -0.15) is 0 Å². The normalized spacial score (nSPS) is 41.6. The minimum atomic E-state index is 0.448. The van der Waals surface area contributed by atoms with Crippen LogP contribution in [0, 0.1) is 5.92 Å². The van der Waals surface area contributed by atoms with Crippen molar-refractivity contribution in [1.29, 1.82) is 0 Å². The molecule has 0 aromatic rings. The standard InChI is InChI=1S/C14H26N2O/c1-15-8-12-9-16(2)14(13(10-15)17-12)11-6-4-3-5-7-11/h11-14H,3-10H2,1-2H3/t12-,13+,14-/m0/s1. The SMILES string of the molecule is CN1C[C@H]2CN(C)[C@@H](C3CCCCC3)[C@@H](C1)O2. The maximum Gasteiger partial charge on any atom is 0.0864 e. The van der Waals surface area contributed by atoms with Crippen LogP contribution in [-0.2, 0) is 4.74 Å². The highest BCUT2D eigenvalue weighted by Gasteiger charge is 2.42. The Labute approximate surface area is 105 Å². The van der Waals surface area contributed by atoms with E-state index in [4.69, 9.17) is 4.74 Å². The predicted octanol–water partition coefficient (Wildman–Crippen LogP) is 1.58. The van der Waals surface area contributed by atoms with Crippen LogP contribution < -0.4 is 0 Å². The molecule has 0 spiro atoms. The Bertz CT molecular complexity index is 261. The molecule has 0 aromatic heterocycles. The number of morpholine rings is 2. The van der Waals surface area contributed by atoms with E-state index in [0.717, 1.165) is 25.6 Å². The number of hydrogen-bond acceptors (Lipinski definition) is 3. The Morgan fingerprint density at radius 1 is 0.941 bits per heavy atom. The van der Waals surface area contributed by atoms with Crippen molar-refractivity contribution in [3.05, 3.63) is 0 Å². The first-order chi connectivity index (χ1) is 8.24. The van der Waals surface area contributed by atoms with Crippen LogP contribution in [0.1, 0.15) is 32.1 Å². The second kappa shape index (κ2) is 4.87. The lowest BCUT2D eigenvalue weighted by atomic mass is 9.79. The van der Waals surface area contributed by atoms with Crippen molar-refractivity contribution < 1.29 is 4.74 Å². The first kappa shape index (κ1) is 11.9. The maximum absolute atomic E-state index is 6.25. The van der Waals surface area contributed by atoms with Gasteiger partial charge >= 0.3 is 0 Å². The van der Waals surface area contributed by atoms with Gasteiger partial charge in [-0.05, 0) is 32.9 Å². The Kier molecular flexibility index (Phi) is 3.42. The van der Waals surface area contributed by atoms with Crippen molar-refractivity contribution in [3.8, 4) is 0 Å². The van der Waals surface area contributed by atoms with E-state index >= 15 is 0 Å². The molecule has 3 aliphatic rings. The molecule has 2 aliphatic heterocycles. The Morgan fingerprint density at radius 3 is 2.47 bits per heavy atom. The maximum atomic E-state index is 6.25. The molecule has 2 saturated heterocycles. The van der Waals surface area contributed by atoms with Gasteiger partial charge in [-0.1, -0.05) is 19.3 Å². The van der Waals surface area contributed by atoms with E-state index in [1.165, 1.54) is 32.1 Å². The molecule has 0 radical (unpaired) electrons. The molecule has 3 rings (SSSR count). The van der Waals surface area contributed by atoms with Crippen LogP contribution in [0.25, 0.3) is 0 Å². The van der Waals surface area contributed by atoms with E-state index in [1.807, 2.05) is 0 Å². The molecule has 0 N–H and O–H groups in total. The quantitative estimate of drug-likeness (QED) is 0.690. The predicted molar refractivity (Wildman–Crippen MR) is 69.2 cm³/mol. The largest absolute Gasteiger partial charge is 0.369 e. The zero-order valence-corrected chi connectivity index (χ0v) is 11.3. The third-order valence-electron chi connectivity index (χ3n) is 4.89. The molecule has 3 heteroatoms. The fraction of sp³-hybridized carbons (Fsp3) is 1.00. The second-order valence-electron chi connectivity index (χ2n) is 6.35. The summed E-state index contributed by atoms with van der Waals surface area (Å²) in [5.74, 6) is 0.881. The first-order valence-electron chi connectivity index (χ1n) is 7.28. The molecule has 3 atom stereocenters. The molecule has 2 bridgehead atoms. The number of nitrogens with zero attached hydrogens (tertiary/aromatic N) is 2. The summed E-state index contributed by atoms with van der Waals surface area (Å²) in [6, 6.07) is 0.675. The summed E-state index contributed by atoms with van der Waals surface area (Å²) in [5, 5.41) is 0. The van der Waals surface area contributed by atoms with Crippen LogP contribution >= 0.6 is 0 Å². The van der Waals surface area contributed by atoms with Crippen LogP contribution in [0.5, 0.6) is 0 Å². The first-order valence-corrected chi connectivity index (χ1v) is 7.28. The molecule has 1 saturated carbocycles. The fourth-order valence-electron chi connectivity index (χ4n) is 4.22. The molecular weight excluding hydrogens is 212 g/mol. The third kappa shape index (κ3) is 2.38. The van der Waals surface area contributed by atoms with Crippen molar-refractivity contribution in [2.24, 2.45) is 5.92 Å². The molecule has 98 valence electrons. The second-order valence-corrected chi connectivity index (χ2v) is 6.35. The molecular formula is C14H26N2O. The highest BCUT2D eigenvalue weighted by molar-refractivity contribution is 4.95. The van der Waals surface area contributed by atoms with E-state index in [9.17, 15) is 0 Å². The summed E-state index contributed by atoms with van der Waals surface area (Å²) in [5.41, 5.74) is 0. The smallest absolute Gasteiger partial charge is 0.0864 e. The Balaban J connectivity index is 1.72. The van der Waals surface area contributed by atoms with Gasteiger partial charge in [0.2, 0.25) is 0 Å². The third-order valence-corrected chi connectivity index (χ3v) is 4.89. The van der Waals surface area contributed by atoms with Crippen LogP contribution in [-0.4, -0.2) is 61.8 Å². The van der Waals surface area contributed by atoms with E-state index in [1.54, 1.807) is 0 Å². The Hall–Kier alpha value is -0.120. The molecule has 3 nitrogen and oxygen atoms in total. The summed E-state index contributed by atoms with van der Waals surface area (Å²) in [6.45, 7) is 3.36. The number of likely N-dealkylation sites (N-methyl/N-ethyl adjacent to an activating group) is 2. The summed E-state index contributed by atoms with van der Waals surface area (Å²) in [7, 11) is 4.55. The van der Waals surface area contributed by atoms with Crippen molar-refractivity contribution in [2.75, 3.05) is 33.7 Å². The lowest BCUT2D eigenvalue weighted by Crippen LogP contribution is -2.64. The lowest BCUT2D eigenvalue weighted by Gasteiger charge is -2.51. The van der Waals surface area contributed by atoms with Crippen molar-refractivity contribution >= 4 is 0 Å². The van der Waals surface area contributed by atoms with Gasteiger partial charge in [-0.25, -0.2) is 0 Å². The minimum Gasteiger partial charge on any atom is -0.369 e. The van der Waals surface area contributed by atoms with Gasteiger partial charge in [0.25, 0.3) is 0 Å². The molecule has 0 unspecified atom stereocenters. The molecule has 2 heterocycles. The highest BCUT2D eigenvalue weighted by Crippen LogP contribution is 2.35. The van der Waals surface area contributed by atoms with E-state index < -0.39 is 0 Å². The molecule has 3 fully saturated rings. The molecule has 1 aliphatic carbocycles. The average Bonchev–Trinajstić information content (AvgIpc) is 2.28. The number of rotatable bonds is 1. The van der Waals surface area contributed by atoms with Crippen molar-refractivity contribution in [2.45, 2.75) is 50.4 Å². The topological polar surface area (TPSA) is 15.7 Å². The summed E-state index contributed by atoms with van der Waals surface area (Å²) in [6.07, 6.45) is 8.05. The lowest BCUT2D eigenvalue weighted by molar-refractivity contribution is -0.169. The van der Waals surface area contributed by atoms with Crippen LogP contribution in [0.4, 0.5) is 0 Å². The van der Waals surface area contributed by atoms with Gasteiger partial charge in [-0.3, -0.25) is 4.90 Å². The van der Waals surface area contributed by atoms with Crippen LogP contribution in [0.3, 0.4) is 0 Å². The van der Waals surface area contributed by atoms with Crippen molar-refractivity contribution in [3.63, 3.8) is 0 Å². The van der Waals surface area contributed by atoms with Gasteiger partial charge in [0.05, 0.1) is 12.2 Å². The summed E-state index contributed by atoms with van der Waals surface area (Å²) >= 11 is 0. The van der Waals surface area contributed by atoms with Gasteiger partial charge in [0.1, 0.15) is 0 Å². The summed E-state index contributed by atoms with van der Waals surface area (Å²) < 4.78 is 6.25. The fourth-order valence-corrected chi connectivity index (χ4v) is 4.22. The van der Waals surface area contributed by atoms with Crippen LogP contribution in [0.2, 0.25) is 0 Å². The minimum absolute atomic E-state index is 0.448. The van der Waals surface area contributed by atoms with E-state index in [-0.39, 0.29) is 0 Å². The average molecular weight is 238 g/mol. The van der Waals surface area contributed by atoms with E-state index in [0.29, 0.717) is 18.2 Å². The highest BCUT2D eigenvalue weighted by atomic mass is 16.5. The van der Waals surface area contributed by atoms with Gasteiger partial charge < -0.3 is 9.64 Å². The molecule has 0 aromatic carbocycles. The van der Waals surface area contributed by atoms with Crippen molar-refractivity contribution in [1.82, 2.24) is 9.80 Å². The number of fused-ring (bicyclic) bond motifs is 2. The molecule has 0 amide bonds. The van der Waals surface area contributed by atoms with Gasteiger partial charge in [0.15, 0.2) is 0 Å². The zero-order chi connectivity index (χ0) is 11.8. The monoisotopic (exact) mass is 238 g/mol. The van der Waals surface area contributed by atoms with E-state index in [2.05, 4.69) is 23.9 Å². The van der Waals surface area contributed by atoms with Gasteiger partial charge in [0, 0.05) is 25.7 Å². The van der Waals surface area contributed by atoms with Gasteiger partial charge in [-0.15, -0.1) is 0 Å². The number of ether oxygens (including phenoxy) is 1.